The summed E-state index contributed by atoms with van der Waals surface area (Å²) in [5.74, 6) is -0.311. The Hall–Kier alpha value is -4.30. The second-order valence-corrected chi connectivity index (χ2v) is 8.51. The molecule has 2 N–H and O–H groups in total. The van der Waals surface area contributed by atoms with Gasteiger partial charge in [-0.05, 0) is 41.2 Å². The molecule has 0 aliphatic rings. The summed E-state index contributed by atoms with van der Waals surface area (Å²) in [5.41, 5.74) is 3.63. The highest BCUT2D eigenvalue weighted by atomic mass is 32.1. The van der Waals surface area contributed by atoms with Gasteiger partial charge < -0.3 is 10.1 Å². The summed E-state index contributed by atoms with van der Waals surface area (Å²) in [5, 5.41) is 15.5. The lowest BCUT2D eigenvalue weighted by molar-refractivity contribution is -0.388. The third-order valence-electron chi connectivity index (χ3n) is 5.36. The predicted octanol–water partition coefficient (Wildman–Crippen LogP) is 6.43. The van der Waals surface area contributed by atoms with Crippen molar-refractivity contribution < 1.29 is 9.72 Å². The molecular weight excluding hydrogens is 436 g/mol. The number of H-pyrrole nitrogens is 1. The van der Waals surface area contributed by atoms with Gasteiger partial charge in [-0.25, -0.2) is 9.97 Å². The first kappa shape index (κ1) is 20.6. The summed E-state index contributed by atoms with van der Waals surface area (Å²) in [4.78, 5) is 32.2. The van der Waals surface area contributed by atoms with Crippen molar-refractivity contribution in [1.29, 1.82) is 0 Å². The van der Waals surface area contributed by atoms with Crippen molar-refractivity contribution in [3.05, 3.63) is 100 Å². The molecule has 0 saturated heterocycles. The average molecular weight is 455 g/mol. The van der Waals surface area contributed by atoms with Gasteiger partial charge in [-0.3, -0.25) is 10.1 Å². The van der Waals surface area contributed by atoms with Gasteiger partial charge in [0.15, 0.2) is 0 Å². The zero-order chi connectivity index (χ0) is 22.9. The molecule has 0 aliphatic heterocycles. The molecule has 0 spiro atoms. The summed E-state index contributed by atoms with van der Waals surface area (Å²) in [6.45, 7) is 1.84. The van der Waals surface area contributed by atoms with Gasteiger partial charge in [0.05, 0.1) is 21.3 Å². The lowest BCUT2D eigenvalue weighted by atomic mass is 10.0. The largest absolute Gasteiger partial charge is 0.358 e. The molecule has 8 heteroatoms. The Balaban J connectivity index is 1.74. The van der Waals surface area contributed by atoms with E-state index in [1.807, 2.05) is 61.5 Å². The van der Waals surface area contributed by atoms with E-state index < -0.39 is 4.92 Å². The zero-order valence-electron chi connectivity index (χ0n) is 17.5. The Morgan fingerprint density at radius 3 is 2.39 bits per heavy atom. The number of rotatable bonds is 5. The van der Waals surface area contributed by atoms with Crippen LogP contribution in [0.4, 0.5) is 11.6 Å². The molecule has 1 amide bonds. The molecule has 7 nitrogen and oxygen atoms in total. The minimum Gasteiger partial charge on any atom is -0.358 e. The van der Waals surface area contributed by atoms with Crippen LogP contribution in [0, 0.1) is 17.0 Å². The second-order valence-electron chi connectivity index (χ2n) is 7.48. The number of aromatic nitrogens is 2. The second kappa shape index (κ2) is 8.33. The van der Waals surface area contributed by atoms with Crippen molar-refractivity contribution in [3.8, 4) is 21.7 Å². The Morgan fingerprint density at radius 2 is 1.67 bits per heavy atom. The fourth-order valence-corrected chi connectivity index (χ4v) is 4.83. The van der Waals surface area contributed by atoms with Gasteiger partial charge >= 0.3 is 5.82 Å². The van der Waals surface area contributed by atoms with Crippen LogP contribution in [0.5, 0.6) is 0 Å². The van der Waals surface area contributed by atoms with Crippen LogP contribution in [0.3, 0.4) is 0 Å². The van der Waals surface area contributed by atoms with E-state index in [1.165, 1.54) is 11.3 Å². The van der Waals surface area contributed by atoms with Crippen LogP contribution in [0.25, 0.3) is 31.9 Å². The van der Waals surface area contributed by atoms with Gasteiger partial charge in [0.25, 0.3) is 5.91 Å². The molecule has 0 radical (unpaired) electrons. The van der Waals surface area contributed by atoms with Gasteiger partial charge in [0.1, 0.15) is 5.01 Å². The van der Waals surface area contributed by atoms with E-state index in [-0.39, 0.29) is 17.5 Å². The van der Waals surface area contributed by atoms with Gasteiger partial charge in [-0.1, -0.05) is 60.7 Å². The molecule has 2 heterocycles. The number of amides is 1. The quantitative estimate of drug-likeness (QED) is 0.236. The molecule has 0 bridgehead atoms. The lowest BCUT2D eigenvalue weighted by Gasteiger charge is -2.07. The van der Waals surface area contributed by atoms with Crippen molar-refractivity contribution in [2.24, 2.45) is 0 Å². The molecular formula is C25H18N4O3S. The maximum Gasteiger partial charge on any atom is 0.331 e. The highest BCUT2D eigenvalue weighted by Crippen LogP contribution is 2.46. The number of nitrogens with zero attached hydrogens (tertiary/aromatic N) is 2. The van der Waals surface area contributed by atoms with Gasteiger partial charge in [0.2, 0.25) is 5.82 Å². The number of thiazole rings is 1. The van der Waals surface area contributed by atoms with Crippen LogP contribution in [0.2, 0.25) is 0 Å². The first-order valence-corrected chi connectivity index (χ1v) is 11.0. The number of aryl methyl sites for hydroxylation is 1. The smallest absolute Gasteiger partial charge is 0.331 e. The van der Waals surface area contributed by atoms with Crippen molar-refractivity contribution in [2.75, 3.05) is 5.32 Å². The van der Waals surface area contributed by atoms with Crippen LogP contribution in [-0.4, -0.2) is 20.8 Å². The monoisotopic (exact) mass is 454 g/mol. The number of hydrogen-bond acceptors (Lipinski definition) is 5. The molecule has 5 aromatic rings. The Bertz CT molecular complexity index is 1470. The standard InChI is InChI=1S/C25H18N4O3S/c1-15-9-5-6-12-17(15)24(30)28-22-21(25-26-18-13-7-8-14-19(18)33-25)20(23(27-22)29(31)32)16-10-3-2-4-11-16/h2-14,27H,1H3,(H,28,30). The number of aromatic amines is 1. The normalized spacial score (nSPS) is 10.9. The maximum absolute atomic E-state index is 13.1. The number of nitro groups is 1. The van der Waals surface area contributed by atoms with Crippen molar-refractivity contribution >= 4 is 39.1 Å². The SMILES string of the molecule is Cc1ccccc1C(=O)Nc1[nH]c([N+](=O)[O-])c(-c2ccccc2)c1-c1nc2ccccc2s1. The average Bonchev–Trinajstić information content (AvgIpc) is 3.41. The molecule has 0 aliphatic carbocycles. The molecule has 0 saturated carbocycles. The summed E-state index contributed by atoms with van der Waals surface area (Å²) in [6.07, 6.45) is 0. The molecule has 3 aromatic carbocycles. The molecule has 33 heavy (non-hydrogen) atoms. The van der Waals surface area contributed by atoms with Crippen LogP contribution >= 0.6 is 11.3 Å². The predicted molar refractivity (Wildman–Crippen MR) is 131 cm³/mol. The number of benzene rings is 3. The first-order valence-electron chi connectivity index (χ1n) is 10.2. The Kier molecular flexibility index (Phi) is 5.20. The molecule has 2 aromatic heterocycles. The molecule has 5 rings (SSSR count). The molecule has 0 unspecified atom stereocenters. The fourth-order valence-electron chi connectivity index (χ4n) is 3.80. The molecule has 0 atom stereocenters. The highest BCUT2D eigenvalue weighted by molar-refractivity contribution is 7.21. The number of hydrogen-bond donors (Lipinski definition) is 2. The topological polar surface area (TPSA) is 101 Å². The fraction of sp³-hybridized carbons (Fsp3) is 0.0400. The number of anilines is 1. The van der Waals surface area contributed by atoms with E-state index in [0.29, 0.717) is 27.3 Å². The Morgan fingerprint density at radius 1 is 0.970 bits per heavy atom. The number of nitrogens with one attached hydrogen (secondary N) is 2. The minimum atomic E-state index is -0.470. The molecule has 0 fully saturated rings. The number of carbonyl (C=O) groups excluding carboxylic acids is 1. The van der Waals surface area contributed by atoms with E-state index >= 15 is 0 Å². The van der Waals surface area contributed by atoms with Crippen molar-refractivity contribution in [3.63, 3.8) is 0 Å². The maximum atomic E-state index is 13.1. The first-order chi connectivity index (χ1) is 16.0. The van der Waals surface area contributed by atoms with E-state index in [1.54, 1.807) is 24.3 Å². The minimum absolute atomic E-state index is 0.199. The summed E-state index contributed by atoms with van der Waals surface area (Å²) in [6, 6.07) is 23.9. The van der Waals surface area contributed by atoms with Crippen LogP contribution < -0.4 is 5.32 Å². The molecule has 162 valence electrons. The third kappa shape index (κ3) is 3.77. The zero-order valence-corrected chi connectivity index (χ0v) is 18.3. The van der Waals surface area contributed by atoms with Gasteiger partial charge in [0, 0.05) is 5.56 Å². The third-order valence-corrected chi connectivity index (χ3v) is 6.42. The highest BCUT2D eigenvalue weighted by Gasteiger charge is 2.31. The Labute approximate surface area is 192 Å². The van der Waals surface area contributed by atoms with Crippen LogP contribution in [0.15, 0.2) is 78.9 Å². The summed E-state index contributed by atoms with van der Waals surface area (Å²) in [7, 11) is 0. The number of carbonyl (C=O) groups is 1. The van der Waals surface area contributed by atoms with E-state index in [4.69, 9.17) is 4.98 Å². The number of fused-ring (bicyclic) bond motifs is 1. The van der Waals surface area contributed by atoms with E-state index in [0.717, 1.165) is 15.8 Å². The number of para-hydroxylation sites is 1. The lowest BCUT2D eigenvalue weighted by Crippen LogP contribution is -2.14. The van der Waals surface area contributed by atoms with Gasteiger partial charge in [-0.15, -0.1) is 11.3 Å². The van der Waals surface area contributed by atoms with Crippen LogP contribution in [-0.2, 0) is 0 Å². The van der Waals surface area contributed by atoms with Crippen LogP contribution in [0.1, 0.15) is 15.9 Å². The van der Waals surface area contributed by atoms with E-state index in [2.05, 4.69) is 10.3 Å². The van der Waals surface area contributed by atoms with Crippen molar-refractivity contribution in [2.45, 2.75) is 6.92 Å². The van der Waals surface area contributed by atoms with E-state index in [9.17, 15) is 14.9 Å². The van der Waals surface area contributed by atoms with Crippen molar-refractivity contribution in [1.82, 2.24) is 9.97 Å². The van der Waals surface area contributed by atoms with Gasteiger partial charge in [-0.2, -0.15) is 0 Å². The summed E-state index contributed by atoms with van der Waals surface area (Å²) < 4.78 is 0.951. The summed E-state index contributed by atoms with van der Waals surface area (Å²) >= 11 is 1.42.